The molecule has 0 saturated heterocycles. The predicted molar refractivity (Wildman–Crippen MR) is 159 cm³/mol. The summed E-state index contributed by atoms with van der Waals surface area (Å²) in [5.41, 5.74) is 13.8. The maximum Gasteiger partial charge on any atom is 0.133 e. The van der Waals surface area contributed by atoms with Crippen LogP contribution in [0.3, 0.4) is 0 Å². The van der Waals surface area contributed by atoms with Crippen molar-refractivity contribution in [1.82, 2.24) is 19.5 Å². The lowest BCUT2D eigenvalue weighted by molar-refractivity contribution is 0.677. The highest BCUT2D eigenvalue weighted by molar-refractivity contribution is 5.94. The van der Waals surface area contributed by atoms with Crippen molar-refractivity contribution in [3.63, 3.8) is 0 Å². The molecule has 2 aliphatic carbocycles. The van der Waals surface area contributed by atoms with Gasteiger partial charge < -0.3 is 0 Å². The fourth-order valence-corrected chi connectivity index (χ4v) is 7.17. The molecule has 3 aromatic carbocycles. The monoisotopic (exact) mass is 512 g/mol. The zero-order valence-corrected chi connectivity index (χ0v) is 21.8. The molecule has 0 radical (unpaired) electrons. The van der Waals surface area contributed by atoms with Crippen molar-refractivity contribution < 1.29 is 0 Å². The van der Waals surface area contributed by atoms with Gasteiger partial charge in [0.15, 0.2) is 0 Å². The third-order valence-corrected chi connectivity index (χ3v) is 8.81. The minimum atomic E-state index is -0.363. The first-order valence-corrected chi connectivity index (χ1v) is 13.8. The molecule has 0 N–H and O–H groups in total. The Kier molecular flexibility index (Phi) is 4.34. The minimum Gasteiger partial charge on any atom is -0.295 e. The maximum atomic E-state index is 5.46. The number of para-hydroxylation sites is 1. The minimum absolute atomic E-state index is 0.363. The van der Waals surface area contributed by atoms with Crippen LogP contribution in [0.2, 0.25) is 0 Å². The van der Waals surface area contributed by atoms with E-state index in [1.165, 1.54) is 33.5 Å². The van der Waals surface area contributed by atoms with Gasteiger partial charge in [0.2, 0.25) is 0 Å². The van der Waals surface area contributed by atoms with E-state index in [4.69, 9.17) is 9.97 Å². The molecule has 1 atom stereocenters. The van der Waals surface area contributed by atoms with Gasteiger partial charge in [-0.2, -0.15) is 0 Å². The van der Waals surface area contributed by atoms with Crippen molar-refractivity contribution in [2.24, 2.45) is 0 Å². The summed E-state index contributed by atoms with van der Waals surface area (Å²) in [6, 6.07) is 34.5. The summed E-state index contributed by atoms with van der Waals surface area (Å²) in [7, 11) is 0. The molecule has 4 heteroatoms. The molecule has 1 aliphatic heterocycles. The summed E-state index contributed by atoms with van der Waals surface area (Å²) in [6.07, 6.45) is 10.5. The van der Waals surface area contributed by atoms with Gasteiger partial charge in [-0.15, -0.1) is 0 Å². The Labute approximate surface area is 232 Å². The molecular weight excluding hydrogens is 488 g/mol. The quantitative estimate of drug-likeness (QED) is 0.237. The second-order valence-corrected chi connectivity index (χ2v) is 10.8. The molecule has 1 unspecified atom stereocenters. The van der Waals surface area contributed by atoms with Crippen LogP contribution >= 0.6 is 0 Å². The number of rotatable bonds is 2. The van der Waals surface area contributed by atoms with E-state index in [0.29, 0.717) is 0 Å². The van der Waals surface area contributed by atoms with Gasteiger partial charge in [-0.25, -0.2) is 4.98 Å². The van der Waals surface area contributed by atoms with Crippen LogP contribution in [-0.2, 0) is 5.41 Å². The van der Waals surface area contributed by atoms with Gasteiger partial charge in [0, 0.05) is 18.0 Å². The van der Waals surface area contributed by atoms with Crippen LogP contribution in [0.15, 0.2) is 127 Å². The molecule has 188 valence electrons. The third kappa shape index (κ3) is 2.72. The van der Waals surface area contributed by atoms with E-state index in [2.05, 4.69) is 94.5 Å². The number of hydrogen-bond donors (Lipinski definition) is 0. The van der Waals surface area contributed by atoms with Crippen LogP contribution in [0.4, 0.5) is 0 Å². The topological polar surface area (TPSA) is 43.6 Å². The lowest BCUT2D eigenvalue weighted by Crippen LogP contribution is -2.29. The van der Waals surface area contributed by atoms with Crippen LogP contribution in [0.5, 0.6) is 0 Å². The van der Waals surface area contributed by atoms with E-state index in [0.717, 1.165) is 52.2 Å². The number of benzene rings is 3. The number of pyridine rings is 2. The normalized spacial score (nSPS) is 18.2. The van der Waals surface area contributed by atoms with Crippen molar-refractivity contribution in [2.75, 3.05) is 0 Å². The second-order valence-electron chi connectivity index (χ2n) is 10.8. The SMILES string of the molecule is C1=CC2=C(CC1)C1(c3ccccc32)c2ccccc2-n2c1nc1cc(-c3ccc(-c4ccccn4)nc3)ccc12. The van der Waals surface area contributed by atoms with Gasteiger partial charge in [0.05, 0.1) is 28.1 Å². The summed E-state index contributed by atoms with van der Waals surface area (Å²) < 4.78 is 2.40. The molecule has 0 amide bonds. The number of hydrogen-bond acceptors (Lipinski definition) is 3. The molecule has 4 nitrogen and oxygen atoms in total. The van der Waals surface area contributed by atoms with Crippen molar-refractivity contribution in [3.05, 3.63) is 150 Å². The fourth-order valence-electron chi connectivity index (χ4n) is 7.17. The summed E-state index contributed by atoms with van der Waals surface area (Å²) in [5, 5.41) is 0. The van der Waals surface area contributed by atoms with Gasteiger partial charge in [0.25, 0.3) is 0 Å². The molecule has 40 heavy (non-hydrogen) atoms. The van der Waals surface area contributed by atoms with Gasteiger partial charge in [0.1, 0.15) is 11.2 Å². The molecule has 3 aliphatic rings. The van der Waals surface area contributed by atoms with Crippen LogP contribution in [0.25, 0.3) is 44.8 Å². The van der Waals surface area contributed by atoms with Crippen LogP contribution in [0.1, 0.15) is 35.4 Å². The Morgan fingerprint density at radius 3 is 2.42 bits per heavy atom. The van der Waals surface area contributed by atoms with Gasteiger partial charge in [-0.05, 0) is 82.6 Å². The van der Waals surface area contributed by atoms with Crippen molar-refractivity contribution in [3.8, 4) is 28.2 Å². The number of nitrogens with zero attached hydrogens (tertiary/aromatic N) is 4. The van der Waals surface area contributed by atoms with Crippen LogP contribution < -0.4 is 0 Å². The summed E-state index contributed by atoms with van der Waals surface area (Å²) >= 11 is 0. The van der Waals surface area contributed by atoms with Crippen LogP contribution in [0, 0.1) is 0 Å². The van der Waals surface area contributed by atoms with Crippen molar-refractivity contribution in [2.45, 2.75) is 18.3 Å². The van der Waals surface area contributed by atoms with Gasteiger partial charge in [-0.1, -0.05) is 72.8 Å². The summed E-state index contributed by atoms with van der Waals surface area (Å²) in [4.78, 5) is 14.6. The molecule has 3 aromatic heterocycles. The lowest BCUT2D eigenvalue weighted by Gasteiger charge is -2.30. The van der Waals surface area contributed by atoms with Crippen LogP contribution in [-0.4, -0.2) is 19.5 Å². The van der Waals surface area contributed by atoms with Crippen molar-refractivity contribution in [1.29, 1.82) is 0 Å². The van der Waals surface area contributed by atoms with Gasteiger partial charge >= 0.3 is 0 Å². The first-order chi connectivity index (χ1) is 19.8. The smallest absolute Gasteiger partial charge is 0.133 e. The molecule has 1 spiro atoms. The number of allylic oxidation sites excluding steroid dienone is 4. The Bertz CT molecular complexity index is 2050. The Balaban J connectivity index is 1.25. The summed E-state index contributed by atoms with van der Waals surface area (Å²) in [5.74, 6) is 1.11. The number of aromatic nitrogens is 4. The Morgan fingerprint density at radius 2 is 1.55 bits per heavy atom. The molecule has 4 heterocycles. The lowest BCUT2D eigenvalue weighted by atomic mass is 9.70. The summed E-state index contributed by atoms with van der Waals surface area (Å²) in [6.45, 7) is 0. The first kappa shape index (κ1) is 21.8. The first-order valence-electron chi connectivity index (χ1n) is 13.8. The van der Waals surface area contributed by atoms with E-state index in [-0.39, 0.29) is 5.41 Å². The average molecular weight is 513 g/mol. The molecule has 9 rings (SSSR count). The van der Waals surface area contributed by atoms with Crippen molar-refractivity contribution >= 4 is 16.6 Å². The largest absolute Gasteiger partial charge is 0.295 e. The average Bonchev–Trinajstić information content (AvgIpc) is 3.65. The highest BCUT2D eigenvalue weighted by Crippen LogP contribution is 2.61. The Morgan fingerprint density at radius 1 is 0.725 bits per heavy atom. The molecule has 0 fully saturated rings. The molecule has 0 bridgehead atoms. The van der Waals surface area contributed by atoms with E-state index in [1.54, 1.807) is 6.20 Å². The number of fused-ring (bicyclic) bond motifs is 11. The Hall–Kier alpha value is -5.09. The highest BCUT2D eigenvalue weighted by Gasteiger charge is 2.54. The fraction of sp³-hybridized carbons (Fsp3) is 0.0833. The third-order valence-electron chi connectivity index (χ3n) is 8.81. The zero-order valence-electron chi connectivity index (χ0n) is 21.8. The van der Waals surface area contributed by atoms with E-state index in [9.17, 15) is 0 Å². The standard InChI is InChI=1S/C36H24N4/c1-3-11-27-25(9-1)26-10-2-4-12-28(26)36(27)29-13-5-6-15-33(29)40-34-19-17-23(21-32(34)39-35(36)40)24-16-18-31(38-22-24)30-14-7-8-20-37-30/h1-3,5-11,13-22H,4,12H2. The van der Waals surface area contributed by atoms with E-state index in [1.807, 2.05) is 30.5 Å². The van der Waals surface area contributed by atoms with E-state index >= 15 is 0 Å². The molecular formula is C36H24N4. The van der Waals surface area contributed by atoms with Gasteiger partial charge in [-0.3, -0.25) is 14.5 Å². The zero-order chi connectivity index (χ0) is 26.3. The second kappa shape index (κ2) is 7.96. The van der Waals surface area contributed by atoms with E-state index < -0.39 is 0 Å². The molecule has 0 saturated carbocycles. The predicted octanol–water partition coefficient (Wildman–Crippen LogP) is 7.91. The maximum absolute atomic E-state index is 5.46. The number of imidazole rings is 1. The highest BCUT2D eigenvalue weighted by atomic mass is 15.1. The molecule has 6 aromatic rings.